The lowest BCUT2D eigenvalue weighted by Crippen LogP contribution is -2.48. The number of amides is 1. The van der Waals surface area contributed by atoms with Gasteiger partial charge < -0.3 is 4.90 Å². The summed E-state index contributed by atoms with van der Waals surface area (Å²) in [5, 5.41) is 0. The van der Waals surface area contributed by atoms with Crippen LogP contribution in [0, 0.1) is 16.7 Å². The van der Waals surface area contributed by atoms with Gasteiger partial charge in [-0.15, -0.1) is 0 Å². The molecule has 2 fully saturated rings. The van der Waals surface area contributed by atoms with Crippen molar-refractivity contribution < 1.29 is 4.79 Å². The van der Waals surface area contributed by atoms with E-state index in [1.807, 2.05) is 0 Å². The van der Waals surface area contributed by atoms with E-state index in [1.54, 1.807) is 0 Å². The monoisotopic (exact) mass is 265 g/mol. The molecule has 2 rings (SSSR count). The van der Waals surface area contributed by atoms with Crippen LogP contribution >= 0.6 is 0 Å². The molecule has 0 atom stereocenters. The fourth-order valence-corrected chi connectivity index (χ4v) is 3.88. The summed E-state index contributed by atoms with van der Waals surface area (Å²) in [5.74, 6) is 1.22. The van der Waals surface area contributed by atoms with Crippen molar-refractivity contribution in [1.29, 1.82) is 0 Å². The average molecular weight is 265 g/mol. The maximum absolute atomic E-state index is 12.8. The summed E-state index contributed by atoms with van der Waals surface area (Å²) in [7, 11) is 0. The molecule has 0 aromatic rings. The second kappa shape index (κ2) is 5.46. The second-order valence-corrected chi connectivity index (χ2v) is 8.05. The molecule has 0 N–H and O–H groups in total. The topological polar surface area (TPSA) is 20.3 Å². The van der Waals surface area contributed by atoms with E-state index < -0.39 is 0 Å². The van der Waals surface area contributed by atoms with Crippen LogP contribution in [0.15, 0.2) is 0 Å². The summed E-state index contributed by atoms with van der Waals surface area (Å²) >= 11 is 0. The Kier molecular flexibility index (Phi) is 4.27. The molecule has 0 unspecified atom stereocenters. The summed E-state index contributed by atoms with van der Waals surface area (Å²) in [6, 6.07) is 0. The highest BCUT2D eigenvalue weighted by molar-refractivity contribution is 5.82. The molecule has 1 saturated carbocycles. The second-order valence-electron chi connectivity index (χ2n) is 8.05. The average Bonchev–Trinajstić information content (AvgIpc) is 2.38. The molecule has 1 heterocycles. The molecular weight excluding hydrogens is 234 g/mol. The number of piperidine rings is 1. The van der Waals surface area contributed by atoms with E-state index in [0.717, 1.165) is 31.8 Å². The lowest BCUT2D eigenvalue weighted by Gasteiger charge is -2.43. The first kappa shape index (κ1) is 14.9. The van der Waals surface area contributed by atoms with Crippen molar-refractivity contribution >= 4 is 5.91 Å². The molecular formula is C17H31NO. The van der Waals surface area contributed by atoms with Crippen LogP contribution in [-0.2, 0) is 4.79 Å². The highest BCUT2D eigenvalue weighted by atomic mass is 16.2. The minimum Gasteiger partial charge on any atom is -0.342 e. The zero-order valence-electron chi connectivity index (χ0n) is 13.3. The zero-order chi connectivity index (χ0) is 14.1. The standard InChI is InChI=1S/C17H31NO/c1-16(2,3)14-8-12-18(13-9-14)15(19)17(4)10-6-5-7-11-17/h14H,5-13H2,1-4H3. The fourth-order valence-electron chi connectivity index (χ4n) is 3.88. The quantitative estimate of drug-likeness (QED) is 0.694. The lowest BCUT2D eigenvalue weighted by atomic mass is 9.72. The highest BCUT2D eigenvalue weighted by Crippen LogP contribution is 2.40. The van der Waals surface area contributed by atoms with E-state index in [-0.39, 0.29) is 5.41 Å². The van der Waals surface area contributed by atoms with Crippen LogP contribution < -0.4 is 0 Å². The molecule has 19 heavy (non-hydrogen) atoms. The van der Waals surface area contributed by atoms with Crippen molar-refractivity contribution in [2.45, 2.75) is 72.6 Å². The predicted molar refractivity (Wildman–Crippen MR) is 80.0 cm³/mol. The maximum Gasteiger partial charge on any atom is 0.228 e. The first-order valence-corrected chi connectivity index (χ1v) is 8.12. The maximum atomic E-state index is 12.8. The van der Waals surface area contributed by atoms with E-state index in [9.17, 15) is 4.79 Å². The highest BCUT2D eigenvalue weighted by Gasteiger charge is 2.39. The SMILES string of the molecule is CC1(C(=O)N2CCC(C(C)(C)C)CC2)CCCCC1. The molecule has 2 nitrogen and oxygen atoms in total. The number of carbonyl (C=O) groups excluding carboxylic acids is 1. The van der Waals surface area contributed by atoms with Crippen LogP contribution in [0.1, 0.15) is 72.6 Å². The Balaban J connectivity index is 1.92. The van der Waals surface area contributed by atoms with Crippen LogP contribution in [0.25, 0.3) is 0 Å². The Hall–Kier alpha value is -0.530. The Morgan fingerprint density at radius 2 is 1.58 bits per heavy atom. The van der Waals surface area contributed by atoms with E-state index in [0.29, 0.717) is 11.3 Å². The van der Waals surface area contributed by atoms with Crippen molar-refractivity contribution in [2.24, 2.45) is 16.7 Å². The van der Waals surface area contributed by atoms with Crippen LogP contribution in [0.2, 0.25) is 0 Å². The van der Waals surface area contributed by atoms with Gasteiger partial charge in [0.1, 0.15) is 0 Å². The molecule has 0 radical (unpaired) electrons. The van der Waals surface area contributed by atoms with Crippen molar-refractivity contribution in [3.05, 3.63) is 0 Å². The number of nitrogens with zero attached hydrogens (tertiary/aromatic N) is 1. The largest absolute Gasteiger partial charge is 0.342 e. The van der Waals surface area contributed by atoms with E-state index in [1.165, 1.54) is 32.1 Å². The van der Waals surface area contributed by atoms with E-state index in [4.69, 9.17) is 0 Å². The number of carbonyl (C=O) groups is 1. The number of rotatable bonds is 1. The molecule has 1 aliphatic carbocycles. The molecule has 2 heteroatoms. The lowest BCUT2D eigenvalue weighted by molar-refractivity contribution is -0.145. The summed E-state index contributed by atoms with van der Waals surface area (Å²) in [5.41, 5.74) is 0.344. The molecule has 1 amide bonds. The zero-order valence-corrected chi connectivity index (χ0v) is 13.3. The number of likely N-dealkylation sites (tertiary alicyclic amines) is 1. The van der Waals surface area contributed by atoms with Gasteiger partial charge in [-0.1, -0.05) is 47.0 Å². The predicted octanol–water partition coefficient (Wildman–Crippen LogP) is 4.24. The van der Waals surface area contributed by atoms with Crippen LogP contribution in [0.3, 0.4) is 0 Å². The van der Waals surface area contributed by atoms with Gasteiger partial charge in [-0.25, -0.2) is 0 Å². The first-order valence-electron chi connectivity index (χ1n) is 8.12. The van der Waals surface area contributed by atoms with Gasteiger partial charge in [-0.05, 0) is 37.0 Å². The van der Waals surface area contributed by atoms with Gasteiger partial charge in [0.05, 0.1) is 0 Å². The van der Waals surface area contributed by atoms with Crippen LogP contribution in [0.4, 0.5) is 0 Å². The molecule has 0 bridgehead atoms. The molecule has 2 aliphatic rings. The molecule has 1 saturated heterocycles. The Morgan fingerprint density at radius 3 is 2.05 bits per heavy atom. The first-order chi connectivity index (χ1) is 8.83. The molecule has 0 aromatic carbocycles. The third-order valence-corrected chi connectivity index (χ3v) is 5.48. The minimum atomic E-state index is -0.0488. The normalized spacial score (nSPS) is 25.4. The Labute approximate surface area is 118 Å². The third kappa shape index (κ3) is 3.32. The van der Waals surface area contributed by atoms with Gasteiger partial charge >= 0.3 is 0 Å². The fraction of sp³-hybridized carbons (Fsp3) is 0.941. The summed E-state index contributed by atoms with van der Waals surface area (Å²) < 4.78 is 0. The smallest absolute Gasteiger partial charge is 0.228 e. The van der Waals surface area contributed by atoms with Crippen molar-refractivity contribution in [3.63, 3.8) is 0 Å². The molecule has 0 spiro atoms. The van der Waals surface area contributed by atoms with Gasteiger partial charge in [-0.3, -0.25) is 4.79 Å². The van der Waals surface area contributed by atoms with E-state index >= 15 is 0 Å². The van der Waals surface area contributed by atoms with Crippen LogP contribution in [-0.4, -0.2) is 23.9 Å². The number of hydrogen-bond acceptors (Lipinski definition) is 1. The van der Waals surface area contributed by atoms with Crippen molar-refractivity contribution in [3.8, 4) is 0 Å². The van der Waals surface area contributed by atoms with E-state index in [2.05, 4.69) is 32.6 Å². The Bertz CT molecular complexity index is 315. The number of hydrogen-bond donors (Lipinski definition) is 0. The molecule has 0 aromatic heterocycles. The minimum absolute atomic E-state index is 0.0488. The van der Waals surface area contributed by atoms with Gasteiger partial charge in [0.2, 0.25) is 5.91 Å². The molecule has 110 valence electrons. The van der Waals surface area contributed by atoms with Crippen LogP contribution in [0.5, 0.6) is 0 Å². The van der Waals surface area contributed by atoms with Gasteiger partial charge in [0, 0.05) is 18.5 Å². The van der Waals surface area contributed by atoms with Gasteiger partial charge in [0.25, 0.3) is 0 Å². The molecule has 1 aliphatic heterocycles. The summed E-state index contributed by atoms with van der Waals surface area (Å²) in [6.07, 6.45) is 8.36. The third-order valence-electron chi connectivity index (χ3n) is 5.48. The van der Waals surface area contributed by atoms with Gasteiger partial charge in [0.15, 0.2) is 0 Å². The van der Waals surface area contributed by atoms with Gasteiger partial charge in [-0.2, -0.15) is 0 Å². The van der Waals surface area contributed by atoms with Crippen molar-refractivity contribution in [2.75, 3.05) is 13.1 Å². The summed E-state index contributed by atoms with van der Waals surface area (Å²) in [6.45, 7) is 11.2. The van der Waals surface area contributed by atoms with Crippen molar-refractivity contribution in [1.82, 2.24) is 4.90 Å². The summed E-state index contributed by atoms with van der Waals surface area (Å²) in [4.78, 5) is 14.9. The Morgan fingerprint density at radius 1 is 1.05 bits per heavy atom.